The van der Waals surface area contributed by atoms with Crippen molar-refractivity contribution in [2.24, 2.45) is 0 Å². The molecule has 0 amide bonds. The van der Waals surface area contributed by atoms with E-state index < -0.39 is 5.97 Å². The van der Waals surface area contributed by atoms with Gasteiger partial charge in [-0.1, -0.05) is 6.07 Å². The van der Waals surface area contributed by atoms with Gasteiger partial charge in [-0.25, -0.2) is 4.79 Å². The summed E-state index contributed by atoms with van der Waals surface area (Å²) < 4.78 is 0. The van der Waals surface area contributed by atoms with Crippen molar-refractivity contribution in [1.82, 2.24) is 4.98 Å². The van der Waals surface area contributed by atoms with Gasteiger partial charge in [-0.05, 0) is 49.2 Å². The van der Waals surface area contributed by atoms with E-state index in [0.29, 0.717) is 0 Å². The normalized spacial score (nSPS) is 11.2. The van der Waals surface area contributed by atoms with Gasteiger partial charge in [-0.3, -0.25) is 4.98 Å². The molecule has 2 rings (SSSR count). The first kappa shape index (κ1) is 11.3. The third-order valence-corrected chi connectivity index (χ3v) is 2.56. The Morgan fingerprint density at radius 1 is 1.29 bits per heavy atom. The molecule has 2 aromatic rings. The summed E-state index contributed by atoms with van der Waals surface area (Å²) in [5, 5.41) is 9.62. The van der Waals surface area contributed by atoms with Gasteiger partial charge in [0.25, 0.3) is 0 Å². The third-order valence-electron chi connectivity index (χ3n) is 2.56. The lowest BCUT2D eigenvalue weighted by molar-refractivity contribution is -0.131. The fourth-order valence-corrected chi connectivity index (χ4v) is 1.80. The van der Waals surface area contributed by atoms with E-state index in [1.807, 2.05) is 38.1 Å². The molecular weight excluding hydrogens is 214 g/mol. The standard InChI is InChI=1S/C14H13NO2/c1-9-7-11(4-6-13(16)17)8-12-5-3-10(2)15-14(9)12/h3-8H,1-2H3,(H,16,17)/b6-4+. The molecule has 1 aromatic carbocycles. The number of hydrogen-bond donors (Lipinski definition) is 1. The lowest BCUT2D eigenvalue weighted by Crippen LogP contribution is -1.89. The van der Waals surface area contributed by atoms with Crippen LogP contribution in [0.3, 0.4) is 0 Å². The zero-order valence-corrected chi connectivity index (χ0v) is 9.77. The number of benzene rings is 1. The molecule has 0 atom stereocenters. The van der Waals surface area contributed by atoms with E-state index in [1.165, 1.54) is 0 Å². The van der Waals surface area contributed by atoms with Gasteiger partial charge >= 0.3 is 5.97 Å². The van der Waals surface area contributed by atoms with Crippen LogP contribution in [-0.2, 0) is 4.79 Å². The van der Waals surface area contributed by atoms with Gasteiger partial charge in [0.1, 0.15) is 0 Å². The summed E-state index contributed by atoms with van der Waals surface area (Å²) in [6, 6.07) is 7.83. The van der Waals surface area contributed by atoms with Crippen molar-refractivity contribution in [2.45, 2.75) is 13.8 Å². The maximum absolute atomic E-state index is 10.5. The van der Waals surface area contributed by atoms with Crippen molar-refractivity contribution in [2.75, 3.05) is 0 Å². The summed E-state index contributed by atoms with van der Waals surface area (Å²) in [6.45, 7) is 3.93. The summed E-state index contributed by atoms with van der Waals surface area (Å²) in [6.07, 6.45) is 2.73. The molecule has 0 aliphatic carbocycles. The number of fused-ring (bicyclic) bond motifs is 1. The van der Waals surface area contributed by atoms with Crippen LogP contribution in [0.2, 0.25) is 0 Å². The Hall–Kier alpha value is -2.16. The minimum absolute atomic E-state index is 0.878. The molecule has 3 heteroatoms. The quantitative estimate of drug-likeness (QED) is 0.802. The molecule has 0 aliphatic heterocycles. The zero-order chi connectivity index (χ0) is 12.4. The van der Waals surface area contributed by atoms with Gasteiger partial charge in [0.05, 0.1) is 5.52 Å². The summed E-state index contributed by atoms with van der Waals surface area (Å²) in [4.78, 5) is 14.9. The lowest BCUT2D eigenvalue weighted by atomic mass is 10.1. The van der Waals surface area contributed by atoms with Gasteiger partial charge in [-0.15, -0.1) is 0 Å². The molecule has 0 saturated heterocycles. The van der Waals surface area contributed by atoms with Crippen molar-refractivity contribution in [3.05, 3.63) is 47.2 Å². The monoisotopic (exact) mass is 227 g/mol. The van der Waals surface area contributed by atoms with Crippen molar-refractivity contribution >= 4 is 22.9 Å². The van der Waals surface area contributed by atoms with E-state index in [2.05, 4.69) is 4.98 Å². The Morgan fingerprint density at radius 2 is 2.06 bits per heavy atom. The predicted octanol–water partition coefficient (Wildman–Crippen LogP) is 2.95. The number of rotatable bonds is 2. The molecule has 1 N–H and O–H groups in total. The largest absolute Gasteiger partial charge is 0.478 e. The van der Waals surface area contributed by atoms with Crippen LogP contribution in [0.1, 0.15) is 16.8 Å². The van der Waals surface area contributed by atoms with E-state index in [-0.39, 0.29) is 0 Å². The number of aliphatic carboxylic acids is 1. The van der Waals surface area contributed by atoms with Crippen LogP contribution >= 0.6 is 0 Å². The average molecular weight is 227 g/mol. The van der Waals surface area contributed by atoms with Gasteiger partial charge in [0.15, 0.2) is 0 Å². The third kappa shape index (κ3) is 2.50. The van der Waals surface area contributed by atoms with Gasteiger partial charge < -0.3 is 5.11 Å². The SMILES string of the molecule is Cc1ccc2cc(/C=C/C(=O)O)cc(C)c2n1. The van der Waals surface area contributed by atoms with E-state index in [9.17, 15) is 4.79 Å². The number of hydrogen-bond acceptors (Lipinski definition) is 2. The topological polar surface area (TPSA) is 50.2 Å². The molecule has 17 heavy (non-hydrogen) atoms. The van der Waals surface area contributed by atoms with E-state index in [4.69, 9.17) is 5.11 Å². The smallest absolute Gasteiger partial charge is 0.328 e. The van der Waals surface area contributed by atoms with Crippen molar-refractivity contribution in [3.63, 3.8) is 0 Å². The number of aryl methyl sites for hydroxylation is 2. The first-order valence-corrected chi connectivity index (χ1v) is 5.35. The molecule has 86 valence electrons. The van der Waals surface area contributed by atoms with Crippen LogP contribution < -0.4 is 0 Å². The first-order valence-electron chi connectivity index (χ1n) is 5.35. The highest BCUT2D eigenvalue weighted by Crippen LogP contribution is 2.20. The van der Waals surface area contributed by atoms with Crippen LogP contribution in [0.5, 0.6) is 0 Å². The van der Waals surface area contributed by atoms with Crippen LogP contribution in [0.4, 0.5) is 0 Å². The number of carboxylic acids is 1. The molecule has 0 aliphatic rings. The van der Waals surface area contributed by atoms with Gasteiger partial charge in [0.2, 0.25) is 0 Å². The van der Waals surface area contributed by atoms with Crippen molar-refractivity contribution in [3.8, 4) is 0 Å². The van der Waals surface area contributed by atoms with Crippen molar-refractivity contribution in [1.29, 1.82) is 0 Å². The minimum Gasteiger partial charge on any atom is -0.478 e. The highest BCUT2D eigenvalue weighted by Gasteiger charge is 2.01. The fourth-order valence-electron chi connectivity index (χ4n) is 1.80. The fraction of sp³-hybridized carbons (Fsp3) is 0.143. The number of aromatic nitrogens is 1. The molecule has 0 spiro atoms. The van der Waals surface area contributed by atoms with E-state index in [0.717, 1.165) is 33.8 Å². The zero-order valence-electron chi connectivity index (χ0n) is 9.77. The summed E-state index contributed by atoms with van der Waals surface area (Å²) in [5.74, 6) is -0.940. The van der Waals surface area contributed by atoms with E-state index in [1.54, 1.807) is 6.08 Å². The minimum atomic E-state index is -0.940. The number of carbonyl (C=O) groups is 1. The Balaban J connectivity index is 2.56. The average Bonchev–Trinajstić information content (AvgIpc) is 2.27. The predicted molar refractivity (Wildman–Crippen MR) is 67.9 cm³/mol. The van der Waals surface area contributed by atoms with Crippen LogP contribution in [-0.4, -0.2) is 16.1 Å². The maximum Gasteiger partial charge on any atom is 0.328 e. The number of nitrogens with zero attached hydrogens (tertiary/aromatic N) is 1. The second-order valence-corrected chi connectivity index (χ2v) is 4.03. The van der Waals surface area contributed by atoms with Gasteiger partial charge in [-0.2, -0.15) is 0 Å². The molecule has 0 saturated carbocycles. The summed E-state index contributed by atoms with van der Waals surface area (Å²) in [7, 11) is 0. The number of carboxylic acid groups (broad SMARTS) is 1. The lowest BCUT2D eigenvalue weighted by Gasteiger charge is -2.04. The molecular formula is C14H13NO2. The second-order valence-electron chi connectivity index (χ2n) is 4.03. The molecule has 1 heterocycles. The Morgan fingerprint density at radius 3 is 2.76 bits per heavy atom. The second kappa shape index (κ2) is 4.37. The Kier molecular flexibility index (Phi) is 2.91. The summed E-state index contributed by atoms with van der Waals surface area (Å²) in [5.41, 5.74) is 3.88. The number of pyridine rings is 1. The van der Waals surface area contributed by atoms with E-state index >= 15 is 0 Å². The molecule has 0 radical (unpaired) electrons. The molecule has 3 nitrogen and oxygen atoms in total. The molecule has 0 unspecified atom stereocenters. The van der Waals surface area contributed by atoms with Gasteiger partial charge in [0, 0.05) is 17.2 Å². The maximum atomic E-state index is 10.5. The summed E-state index contributed by atoms with van der Waals surface area (Å²) >= 11 is 0. The molecule has 0 fully saturated rings. The Labute approximate surface area is 99.4 Å². The van der Waals surface area contributed by atoms with Crippen LogP contribution in [0.25, 0.3) is 17.0 Å². The first-order chi connectivity index (χ1) is 8.06. The molecule has 1 aromatic heterocycles. The van der Waals surface area contributed by atoms with Crippen molar-refractivity contribution < 1.29 is 9.90 Å². The molecule has 0 bridgehead atoms. The Bertz CT molecular complexity index is 615. The highest BCUT2D eigenvalue weighted by atomic mass is 16.4. The highest BCUT2D eigenvalue weighted by molar-refractivity contribution is 5.88. The van der Waals surface area contributed by atoms with Crippen LogP contribution in [0, 0.1) is 13.8 Å². The van der Waals surface area contributed by atoms with Crippen LogP contribution in [0.15, 0.2) is 30.3 Å².